The Kier molecular flexibility index (Phi) is 6.59. The topological polar surface area (TPSA) is 80.6 Å². The van der Waals surface area contributed by atoms with E-state index < -0.39 is 0 Å². The maximum atomic E-state index is 14.0. The molecule has 3 heterocycles. The minimum absolute atomic E-state index is 0.228. The molecule has 2 amide bonds. The minimum atomic E-state index is -0.323. The number of carbonyl (C=O) groups is 2. The first-order chi connectivity index (χ1) is 16.6. The van der Waals surface area contributed by atoms with E-state index in [0.29, 0.717) is 67.2 Å². The summed E-state index contributed by atoms with van der Waals surface area (Å²) < 4.78 is 21.3. The molecule has 10 heteroatoms. The van der Waals surface area contributed by atoms with Gasteiger partial charge in [-0.2, -0.15) is 0 Å². The zero-order chi connectivity index (χ0) is 23.5. The number of imide groups is 1. The monoisotopic (exact) mass is 481 g/mol. The SMILES string of the molecule is O=C1c2ccccc2C(=O)N1CCCCSc1nnc(N2CCOCC2)n1-c1cccc(F)c1. The van der Waals surface area contributed by atoms with E-state index in [1.165, 1.54) is 28.8 Å². The van der Waals surface area contributed by atoms with Crippen molar-refractivity contribution >= 4 is 29.5 Å². The molecule has 0 bridgehead atoms. The van der Waals surface area contributed by atoms with Crippen LogP contribution in [-0.4, -0.2) is 70.1 Å². The predicted octanol–water partition coefficient (Wildman–Crippen LogP) is 3.41. The fourth-order valence-electron chi connectivity index (χ4n) is 4.14. The Labute approximate surface area is 200 Å². The third-order valence-corrected chi connectivity index (χ3v) is 6.88. The van der Waals surface area contributed by atoms with Crippen molar-refractivity contribution in [3.8, 4) is 5.69 Å². The van der Waals surface area contributed by atoms with Crippen molar-refractivity contribution in [2.24, 2.45) is 0 Å². The van der Waals surface area contributed by atoms with Crippen LogP contribution in [0.25, 0.3) is 5.69 Å². The highest BCUT2D eigenvalue weighted by Crippen LogP contribution is 2.28. The molecule has 2 aromatic carbocycles. The highest BCUT2D eigenvalue weighted by Gasteiger charge is 2.34. The lowest BCUT2D eigenvalue weighted by Crippen LogP contribution is -2.37. The summed E-state index contributed by atoms with van der Waals surface area (Å²) in [6, 6.07) is 13.3. The van der Waals surface area contributed by atoms with E-state index in [4.69, 9.17) is 4.74 Å². The fraction of sp³-hybridized carbons (Fsp3) is 0.333. The summed E-state index contributed by atoms with van der Waals surface area (Å²) in [5.74, 6) is 0.613. The van der Waals surface area contributed by atoms with Gasteiger partial charge in [-0.15, -0.1) is 10.2 Å². The number of halogens is 1. The second-order valence-corrected chi connectivity index (χ2v) is 9.12. The number of benzene rings is 2. The van der Waals surface area contributed by atoms with Crippen LogP contribution in [0.4, 0.5) is 10.3 Å². The molecule has 2 aliphatic rings. The van der Waals surface area contributed by atoms with Crippen LogP contribution in [-0.2, 0) is 4.74 Å². The smallest absolute Gasteiger partial charge is 0.261 e. The third-order valence-electron chi connectivity index (χ3n) is 5.86. The molecule has 5 rings (SSSR count). The van der Waals surface area contributed by atoms with Crippen molar-refractivity contribution in [2.75, 3.05) is 43.5 Å². The van der Waals surface area contributed by atoms with Crippen LogP contribution in [0.15, 0.2) is 53.7 Å². The normalized spacial score (nSPS) is 15.8. The molecule has 0 aliphatic carbocycles. The summed E-state index contributed by atoms with van der Waals surface area (Å²) >= 11 is 1.52. The Morgan fingerprint density at radius 3 is 2.38 bits per heavy atom. The fourth-order valence-corrected chi connectivity index (χ4v) is 5.09. The van der Waals surface area contributed by atoms with Gasteiger partial charge in [0.05, 0.1) is 30.0 Å². The lowest BCUT2D eigenvalue weighted by Gasteiger charge is -2.27. The van der Waals surface area contributed by atoms with Gasteiger partial charge in [-0.25, -0.2) is 4.39 Å². The highest BCUT2D eigenvalue weighted by molar-refractivity contribution is 7.99. The Morgan fingerprint density at radius 2 is 1.68 bits per heavy atom. The molecule has 1 fully saturated rings. The third kappa shape index (κ3) is 4.43. The Hall–Kier alpha value is -3.24. The van der Waals surface area contributed by atoms with Gasteiger partial charge in [0.15, 0.2) is 5.16 Å². The van der Waals surface area contributed by atoms with E-state index in [2.05, 4.69) is 15.1 Å². The number of amides is 2. The average molecular weight is 482 g/mol. The number of ether oxygens (including phenoxy) is 1. The molecular weight excluding hydrogens is 457 g/mol. The van der Waals surface area contributed by atoms with Crippen LogP contribution in [0, 0.1) is 5.82 Å². The number of thioether (sulfide) groups is 1. The van der Waals surface area contributed by atoms with Gasteiger partial charge >= 0.3 is 0 Å². The van der Waals surface area contributed by atoms with E-state index in [0.717, 1.165) is 12.2 Å². The van der Waals surface area contributed by atoms with Crippen molar-refractivity contribution in [1.82, 2.24) is 19.7 Å². The van der Waals surface area contributed by atoms with Gasteiger partial charge in [-0.3, -0.25) is 19.1 Å². The Bertz CT molecular complexity index is 1180. The van der Waals surface area contributed by atoms with Crippen molar-refractivity contribution in [3.05, 3.63) is 65.5 Å². The number of nitrogens with zero attached hydrogens (tertiary/aromatic N) is 5. The molecule has 8 nitrogen and oxygen atoms in total. The van der Waals surface area contributed by atoms with Crippen LogP contribution in [0.3, 0.4) is 0 Å². The quantitative estimate of drug-likeness (QED) is 0.277. The molecule has 0 unspecified atom stereocenters. The second kappa shape index (κ2) is 9.94. The molecule has 0 atom stereocenters. The molecule has 0 saturated carbocycles. The number of rotatable bonds is 8. The lowest BCUT2D eigenvalue weighted by atomic mass is 10.1. The Morgan fingerprint density at radius 1 is 0.941 bits per heavy atom. The molecule has 2 aliphatic heterocycles. The number of unbranched alkanes of at least 4 members (excludes halogenated alkanes) is 1. The predicted molar refractivity (Wildman–Crippen MR) is 126 cm³/mol. The molecule has 0 radical (unpaired) electrons. The summed E-state index contributed by atoms with van der Waals surface area (Å²) in [7, 11) is 0. The van der Waals surface area contributed by atoms with E-state index in [9.17, 15) is 14.0 Å². The van der Waals surface area contributed by atoms with Gasteiger partial charge in [0.25, 0.3) is 11.8 Å². The van der Waals surface area contributed by atoms with Gasteiger partial charge in [0.1, 0.15) is 5.82 Å². The number of anilines is 1. The number of fused-ring (bicyclic) bond motifs is 1. The molecule has 1 saturated heterocycles. The minimum Gasteiger partial charge on any atom is -0.378 e. The van der Waals surface area contributed by atoms with Crippen molar-refractivity contribution < 1.29 is 18.7 Å². The maximum absolute atomic E-state index is 14.0. The molecule has 34 heavy (non-hydrogen) atoms. The molecule has 3 aromatic rings. The average Bonchev–Trinajstić information content (AvgIpc) is 3.39. The number of hydrogen-bond acceptors (Lipinski definition) is 7. The maximum Gasteiger partial charge on any atom is 0.261 e. The highest BCUT2D eigenvalue weighted by atomic mass is 32.2. The van der Waals surface area contributed by atoms with Crippen molar-refractivity contribution in [3.63, 3.8) is 0 Å². The summed E-state index contributed by atoms with van der Waals surface area (Å²) in [4.78, 5) is 28.4. The van der Waals surface area contributed by atoms with E-state index in [1.54, 1.807) is 30.3 Å². The molecular formula is C24H24FN5O3S. The van der Waals surface area contributed by atoms with Gasteiger partial charge in [0, 0.05) is 25.4 Å². The van der Waals surface area contributed by atoms with Crippen LogP contribution >= 0.6 is 11.8 Å². The zero-order valence-corrected chi connectivity index (χ0v) is 19.3. The largest absolute Gasteiger partial charge is 0.378 e. The van der Waals surface area contributed by atoms with Crippen molar-refractivity contribution in [2.45, 2.75) is 18.0 Å². The number of hydrogen-bond donors (Lipinski definition) is 0. The van der Waals surface area contributed by atoms with Crippen LogP contribution < -0.4 is 4.90 Å². The first kappa shape index (κ1) is 22.5. The first-order valence-corrected chi connectivity index (χ1v) is 12.2. The standard InChI is InChI=1S/C24H24FN5O3S/c25-17-6-5-7-18(16-17)30-23(28-11-13-33-14-12-28)26-27-24(30)34-15-4-3-10-29-21(31)19-8-1-2-9-20(19)22(29)32/h1-2,5-9,16H,3-4,10-15H2. The number of aromatic nitrogens is 3. The van der Waals surface area contributed by atoms with Crippen LogP contribution in [0.5, 0.6) is 0 Å². The van der Waals surface area contributed by atoms with E-state index in [1.807, 2.05) is 10.6 Å². The van der Waals surface area contributed by atoms with Gasteiger partial charge in [0.2, 0.25) is 5.95 Å². The van der Waals surface area contributed by atoms with Gasteiger partial charge in [-0.1, -0.05) is 30.0 Å². The van der Waals surface area contributed by atoms with E-state index >= 15 is 0 Å². The van der Waals surface area contributed by atoms with Crippen LogP contribution in [0.1, 0.15) is 33.6 Å². The summed E-state index contributed by atoms with van der Waals surface area (Å²) in [6.07, 6.45) is 1.46. The first-order valence-electron chi connectivity index (χ1n) is 11.3. The lowest BCUT2D eigenvalue weighted by molar-refractivity contribution is 0.0652. The second-order valence-electron chi connectivity index (χ2n) is 8.06. The zero-order valence-electron chi connectivity index (χ0n) is 18.5. The van der Waals surface area contributed by atoms with Crippen LogP contribution in [0.2, 0.25) is 0 Å². The summed E-state index contributed by atoms with van der Waals surface area (Å²) in [5.41, 5.74) is 1.61. The molecule has 0 N–H and O–H groups in total. The van der Waals surface area contributed by atoms with Gasteiger partial charge < -0.3 is 9.64 Å². The summed E-state index contributed by atoms with van der Waals surface area (Å²) in [5, 5.41) is 9.44. The Balaban J connectivity index is 1.23. The number of carbonyl (C=O) groups excluding carboxylic acids is 2. The van der Waals surface area contributed by atoms with E-state index in [-0.39, 0.29) is 17.6 Å². The van der Waals surface area contributed by atoms with Gasteiger partial charge in [-0.05, 0) is 43.2 Å². The molecule has 0 spiro atoms. The molecule has 1 aromatic heterocycles. The number of morpholine rings is 1. The molecule has 176 valence electrons. The summed E-state index contributed by atoms with van der Waals surface area (Å²) in [6.45, 7) is 2.98. The van der Waals surface area contributed by atoms with Crippen molar-refractivity contribution in [1.29, 1.82) is 0 Å².